The minimum Gasteiger partial charge on any atom is -0.490 e. The standard InChI is InChI=1S/C22H24N2O4S/c1-4-26-18-12-16(13-19(27-5-2)20(18)28-6-3)21(25)24-22-23-17(14-29-22)15-10-8-7-9-11-15/h7-14H,4-6H2,1-3H3,(H,23,24,25). The minimum absolute atomic E-state index is 0.288. The molecule has 0 aliphatic heterocycles. The molecule has 152 valence electrons. The summed E-state index contributed by atoms with van der Waals surface area (Å²) in [7, 11) is 0. The molecule has 0 aliphatic carbocycles. The highest BCUT2D eigenvalue weighted by Crippen LogP contribution is 2.39. The summed E-state index contributed by atoms with van der Waals surface area (Å²) in [6, 6.07) is 13.2. The number of rotatable bonds is 9. The van der Waals surface area contributed by atoms with Crippen molar-refractivity contribution in [1.82, 2.24) is 4.98 Å². The van der Waals surface area contributed by atoms with E-state index in [-0.39, 0.29) is 5.91 Å². The van der Waals surface area contributed by atoms with Gasteiger partial charge in [-0.05, 0) is 32.9 Å². The molecule has 0 saturated heterocycles. The number of nitrogens with zero attached hydrogens (tertiary/aromatic N) is 1. The van der Waals surface area contributed by atoms with Crippen LogP contribution in [-0.2, 0) is 0 Å². The normalized spacial score (nSPS) is 10.4. The lowest BCUT2D eigenvalue weighted by Crippen LogP contribution is -2.13. The largest absolute Gasteiger partial charge is 0.490 e. The predicted molar refractivity (Wildman–Crippen MR) is 115 cm³/mol. The van der Waals surface area contributed by atoms with Gasteiger partial charge < -0.3 is 14.2 Å². The van der Waals surface area contributed by atoms with Crippen molar-refractivity contribution in [3.63, 3.8) is 0 Å². The molecule has 2 aromatic carbocycles. The number of benzene rings is 2. The van der Waals surface area contributed by atoms with Gasteiger partial charge in [-0.2, -0.15) is 0 Å². The Morgan fingerprint density at radius 2 is 1.59 bits per heavy atom. The Balaban J connectivity index is 1.85. The van der Waals surface area contributed by atoms with Gasteiger partial charge >= 0.3 is 0 Å². The van der Waals surface area contributed by atoms with E-state index in [4.69, 9.17) is 14.2 Å². The van der Waals surface area contributed by atoms with E-state index in [0.717, 1.165) is 11.3 Å². The molecule has 0 radical (unpaired) electrons. The maximum atomic E-state index is 12.8. The average molecular weight is 413 g/mol. The van der Waals surface area contributed by atoms with Crippen molar-refractivity contribution in [2.45, 2.75) is 20.8 Å². The third-order valence-corrected chi connectivity index (χ3v) is 4.72. The van der Waals surface area contributed by atoms with Gasteiger partial charge in [0.05, 0.1) is 25.5 Å². The lowest BCUT2D eigenvalue weighted by molar-refractivity contribution is 0.102. The number of ether oxygens (including phenoxy) is 3. The van der Waals surface area contributed by atoms with Crippen LogP contribution < -0.4 is 19.5 Å². The fraction of sp³-hybridized carbons (Fsp3) is 0.273. The van der Waals surface area contributed by atoms with Crippen LogP contribution >= 0.6 is 11.3 Å². The second-order valence-electron chi connectivity index (χ2n) is 5.96. The van der Waals surface area contributed by atoms with Gasteiger partial charge in [-0.15, -0.1) is 11.3 Å². The fourth-order valence-corrected chi connectivity index (χ4v) is 3.48. The van der Waals surface area contributed by atoms with Gasteiger partial charge in [-0.1, -0.05) is 30.3 Å². The van der Waals surface area contributed by atoms with Crippen molar-refractivity contribution >= 4 is 22.4 Å². The first kappa shape index (κ1) is 20.7. The Labute approximate surface area is 174 Å². The molecule has 3 aromatic rings. The van der Waals surface area contributed by atoms with E-state index in [2.05, 4.69) is 10.3 Å². The zero-order chi connectivity index (χ0) is 20.6. The summed E-state index contributed by atoms with van der Waals surface area (Å²) in [4.78, 5) is 17.4. The zero-order valence-corrected chi connectivity index (χ0v) is 17.5. The SMILES string of the molecule is CCOc1cc(C(=O)Nc2nc(-c3ccccc3)cs2)cc(OCC)c1OCC. The molecule has 1 amide bonds. The number of aromatic nitrogens is 1. The van der Waals surface area contributed by atoms with Crippen LogP contribution in [0.5, 0.6) is 17.2 Å². The molecule has 0 bridgehead atoms. The first-order valence-corrected chi connectivity index (χ1v) is 10.4. The topological polar surface area (TPSA) is 69.7 Å². The molecule has 0 unspecified atom stereocenters. The van der Waals surface area contributed by atoms with E-state index in [9.17, 15) is 4.79 Å². The molecule has 1 N–H and O–H groups in total. The van der Waals surface area contributed by atoms with Gasteiger partial charge in [-0.3, -0.25) is 10.1 Å². The Hall–Kier alpha value is -3.06. The van der Waals surface area contributed by atoms with Crippen molar-refractivity contribution in [2.75, 3.05) is 25.1 Å². The maximum Gasteiger partial charge on any atom is 0.257 e. The van der Waals surface area contributed by atoms with Crippen LogP contribution in [0.15, 0.2) is 47.8 Å². The van der Waals surface area contributed by atoms with E-state index in [1.54, 1.807) is 12.1 Å². The second kappa shape index (κ2) is 9.93. The van der Waals surface area contributed by atoms with Crippen molar-refractivity contribution < 1.29 is 19.0 Å². The van der Waals surface area contributed by atoms with E-state index >= 15 is 0 Å². The van der Waals surface area contributed by atoms with Gasteiger partial charge in [0, 0.05) is 16.5 Å². The number of thiazole rings is 1. The molecule has 1 aromatic heterocycles. The van der Waals surface area contributed by atoms with Crippen molar-refractivity contribution in [1.29, 1.82) is 0 Å². The van der Waals surface area contributed by atoms with Gasteiger partial charge in [0.25, 0.3) is 5.91 Å². The number of hydrogen-bond acceptors (Lipinski definition) is 6. The molecule has 0 spiro atoms. The highest BCUT2D eigenvalue weighted by molar-refractivity contribution is 7.14. The minimum atomic E-state index is -0.288. The molecular formula is C22H24N2O4S. The van der Waals surface area contributed by atoms with Crippen LogP contribution in [0.25, 0.3) is 11.3 Å². The Kier molecular flexibility index (Phi) is 7.08. The fourth-order valence-electron chi connectivity index (χ4n) is 2.76. The van der Waals surface area contributed by atoms with Gasteiger partial charge in [0.2, 0.25) is 5.75 Å². The summed E-state index contributed by atoms with van der Waals surface area (Å²) >= 11 is 1.38. The Morgan fingerprint density at radius 1 is 0.966 bits per heavy atom. The molecule has 1 heterocycles. The van der Waals surface area contributed by atoms with Crippen LogP contribution in [0.2, 0.25) is 0 Å². The molecular weight excluding hydrogens is 388 g/mol. The Morgan fingerprint density at radius 3 is 2.17 bits per heavy atom. The summed E-state index contributed by atoms with van der Waals surface area (Å²) in [5.41, 5.74) is 2.24. The molecule has 3 rings (SSSR count). The van der Waals surface area contributed by atoms with E-state index < -0.39 is 0 Å². The van der Waals surface area contributed by atoms with E-state index in [1.165, 1.54) is 11.3 Å². The van der Waals surface area contributed by atoms with E-state index in [0.29, 0.717) is 47.8 Å². The van der Waals surface area contributed by atoms with Gasteiger partial charge in [0.1, 0.15) is 0 Å². The summed E-state index contributed by atoms with van der Waals surface area (Å²) < 4.78 is 17.0. The van der Waals surface area contributed by atoms with Gasteiger partial charge in [-0.25, -0.2) is 4.98 Å². The summed E-state index contributed by atoms with van der Waals surface area (Å²) in [5.74, 6) is 1.18. The maximum absolute atomic E-state index is 12.8. The summed E-state index contributed by atoms with van der Waals surface area (Å²) in [6.07, 6.45) is 0. The number of carbonyl (C=O) groups is 1. The molecule has 6 nitrogen and oxygen atoms in total. The molecule has 0 fully saturated rings. The van der Waals surface area contributed by atoms with Crippen molar-refractivity contribution in [3.05, 3.63) is 53.4 Å². The van der Waals surface area contributed by atoms with Gasteiger partial charge in [0.15, 0.2) is 16.6 Å². The molecule has 0 aliphatic rings. The molecule has 0 atom stereocenters. The molecule has 29 heavy (non-hydrogen) atoms. The predicted octanol–water partition coefficient (Wildman–Crippen LogP) is 5.26. The van der Waals surface area contributed by atoms with Crippen LogP contribution in [-0.4, -0.2) is 30.7 Å². The average Bonchev–Trinajstić information content (AvgIpc) is 3.19. The molecule has 0 saturated carbocycles. The first-order chi connectivity index (χ1) is 14.2. The third-order valence-electron chi connectivity index (χ3n) is 3.97. The first-order valence-electron chi connectivity index (χ1n) is 9.54. The van der Waals surface area contributed by atoms with Crippen LogP contribution in [0.3, 0.4) is 0 Å². The number of amides is 1. The number of nitrogens with one attached hydrogen (secondary N) is 1. The highest BCUT2D eigenvalue weighted by Gasteiger charge is 2.19. The lowest BCUT2D eigenvalue weighted by atomic mass is 10.1. The second-order valence-corrected chi connectivity index (χ2v) is 6.82. The highest BCUT2D eigenvalue weighted by atomic mass is 32.1. The van der Waals surface area contributed by atoms with Crippen LogP contribution in [0.1, 0.15) is 31.1 Å². The molecule has 7 heteroatoms. The van der Waals surface area contributed by atoms with Crippen LogP contribution in [0.4, 0.5) is 5.13 Å². The van der Waals surface area contributed by atoms with E-state index in [1.807, 2.05) is 56.5 Å². The lowest BCUT2D eigenvalue weighted by Gasteiger charge is -2.16. The Bertz CT molecular complexity index is 929. The van der Waals surface area contributed by atoms with Crippen molar-refractivity contribution in [2.24, 2.45) is 0 Å². The monoisotopic (exact) mass is 412 g/mol. The third kappa shape index (κ3) is 5.06. The zero-order valence-electron chi connectivity index (χ0n) is 16.7. The van der Waals surface area contributed by atoms with Crippen LogP contribution in [0, 0.1) is 0 Å². The number of carbonyl (C=O) groups excluding carboxylic acids is 1. The summed E-state index contributed by atoms with van der Waals surface area (Å²) in [5, 5.41) is 5.30. The number of hydrogen-bond donors (Lipinski definition) is 1. The number of anilines is 1. The van der Waals surface area contributed by atoms with Crippen molar-refractivity contribution in [3.8, 4) is 28.5 Å². The quantitative estimate of drug-likeness (QED) is 0.519. The smallest absolute Gasteiger partial charge is 0.257 e. The summed E-state index contributed by atoms with van der Waals surface area (Å²) in [6.45, 7) is 7.01.